The van der Waals surface area contributed by atoms with Gasteiger partial charge in [-0.1, -0.05) is 80.0 Å². The lowest BCUT2D eigenvalue weighted by molar-refractivity contribution is 0.254. The first-order valence-electron chi connectivity index (χ1n) is 13.3. The van der Waals surface area contributed by atoms with E-state index in [0.29, 0.717) is 6.61 Å². The maximum absolute atomic E-state index is 5.49. The molecule has 1 saturated carbocycles. The summed E-state index contributed by atoms with van der Waals surface area (Å²) in [5, 5.41) is 0. The van der Waals surface area contributed by atoms with Crippen LogP contribution in [0.15, 0.2) is 85.5 Å². The van der Waals surface area contributed by atoms with E-state index in [1.54, 1.807) is 0 Å². The van der Waals surface area contributed by atoms with Gasteiger partial charge in [0.1, 0.15) is 5.75 Å². The van der Waals surface area contributed by atoms with Crippen molar-refractivity contribution in [3.8, 4) is 28.7 Å². The molecule has 0 saturated heterocycles. The van der Waals surface area contributed by atoms with Gasteiger partial charge in [0.05, 0.1) is 6.61 Å². The van der Waals surface area contributed by atoms with E-state index in [9.17, 15) is 0 Å². The van der Waals surface area contributed by atoms with E-state index in [2.05, 4.69) is 73.0 Å². The van der Waals surface area contributed by atoms with Crippen molar-refractivity contribution < 1.29 is 4.74 Å². The minimum absolute atomic E-state index is 0.678. The van der Waals surface area contributed by atoms with Crippen LogP contribution in [-0.2, 0) is 6.42 Å². The molecular weight excluding hydrogens is 424 g/mol. The fraction of sp³-hybridized carbons (Fsp3) is 0.353. The molecule has 3 aromatic rings. The topological polar surface area (TPSA) is 9.23 Å². The van der Waals surface area contributed by atoms with Crippen molar-refractivity contribution in [3.63, 3.8) is 0 Å². The molecule has 1 heteroatoms. The van der Waals surface area contributed by atoms with E-state index in [0.717, 1.165) is 28.7 Å². The van der Waals surface area contributed by atoms with Crippen molar-refractivity contribution in [2.24, 2.45) is 11.8 Å². The predicted molar refractivity (Wildman–Crippen MR) is 149 cm³/mol. The van der Waals surface area contributed by atoms with Crippen LogP contribution in [0.1, 0.15) is 68.6 Å². The molecule has 180 valence electrons. The Morgan fingerprint density at radius 1 is 0.743 bits per heavy atom. The summed E-state index contributed by atoms with van der Waals surface area (Å²) in [5.41, 5.74) is 5.98. The van der Waals surface area contributed by atoms with Crippen LogP contribution in [0.2, 0.25) is 0 Å². The third-order valence-corrected chi connectivity index (χ3v) is 7.28. The summed E-state index contributed by atoms with van der Waals surface area (Å²) in [4.78, 5) is 0. The van der Waals surface area contributed by atoms with Crippen molar-refractivity contribution in [2.75, 3.05) is 6.61 Å². The Hall–Kier alpha value is -3.24. The summed E-state index contributed by atoms with van der Waals surface area (Å²) in [7, 11) is 0. The lowest BCUT2D eigenvalue weighted by Gasteiger charge is -2.28. The van der Waals surface area contributed by atoms with Gasteiger partial charge < -0.3 is 4.74 Å². The van der Waals surface area contributed by atoms with Gasteiger partial charge in [-0.2, -0.15) is 0 Å². The molecule has 0 amide bonds. The maximum atomic E-state index is 5.49. The molecule has 0 aromatic heterocycles. The van der Waals surface area contributed by atoms with Gasteiger partial charge in [0.2, 0.25) is 0 Å². The van der Waals surface area contributed by atoms with Crippen LogP contribution in [0.3, 0.4) is 0 Å². The Bertz CT molecular complexity index is 1100. The van der Waals surface area contributed by atoms with E-state index < -0.39 is 0 Å². The summed E-state index contributed by atoms with van der Waals surface area (Å²) < 4.78 is 5.49. The zero-order chi connectivity index (χ0) is 24.3. The van der Waals surface area contributed by atoms with Crippen LogP contribution in [0, 0.1) is 23.7 Å². The first-order chi connectivity index (χ1) is 17.2. The second-order valence-electron chi connectivity index (χ2n) is 9.77. The average molecular weight is 463 g/mol. The summed E-state index contributed by atoms with van der Waals surface area (Å²) in [6.45, 7) is 6.54. The summed E-state index contributed by atoms with van der Waals surface area (Å²) in [6, 6.07) is 25.6. The second-order valence-corrected chi connectivity index (χ2v) is 9.77. The molecule has 0 unspecified atom stereocenters. The number of hydrogen-bond acceptors (Lipinski definition) is 1. The lowest BCUT2D eigenvalue weighted by Crippen LogP contribution is -2.15. The SMILES string of the molecule is C=CCCC1CCC(CCc2ccc(-c3ccc(C#Cc4ccc(OCC)cc4)cc3)cc2)CC1. The Morgan fingerprint density at radius 3 is 1.80 bits per heavy atom. The molecule has 35 heavy (non-hydrogen) atoms. The normalized spacial score (nSPS) is 17.3. The van der Waals surface area contributed by atoms with Crippen molar-refractivity contribution >= 4 is 0 Å². The Kier molecular flexibility index (Phi) is 9.24. The van der Waals surface area contributed by atoms with Crippen LogP contribution in [0.25, 0.3) is 11.1 Å². The highest BCUT2D eigenvalue weighted by Crippen LogP contribution is 2.34. The van der Waals surface area contributed by atoms with Crippen molar-refractivity contribution in [2.45, 2.75) is 58.3 Å². The third kappa shape index (κ3) is 7.63. The minimum Gasteiger partial charge on any atom is -0.494 e. The second kappa shape index (κ2) is 13.0. The zero-order valence-electron chi connectivity index (χ0n) is 21.1. The number of aryl methyl sites for hydroxylation is 1. The standard InChI is InChI=1S/C34H38O/c1-3-5-6-27-7-9-28(10-8-27)11-12-29-15-21-32(22-16-29)33-23-17-30(18-24-33)13-14-31-19-25-34(26-20-31)35-4-2/h3,15-28H,1,4-12H2,2H3. The van der Waals surface area contributed by atoms with Crippen molar-refractivity contribution in [3.05, 3.63) is 102 Å². The van der Waals surface area contributed by atoms with E-state index >= 15 is 0 Å². The van der Waals surface area contributed by atoms with Gasteiger partial charge in [-0.25, -0.2) is 0 Å². The quantitative estimate of drug-likeness (QED) is 0.228. The summed E-state index contributed by atoms with van der Waals surface area (Å²) in [5.74, 6) is 9.24. The molecule has 0 aliphatic heterocycles. The van der Waals surface area contributed by atoms with Crippen molar-refractivity contribution in [1.82, 2.24) is 0 Å². The number of ether oxygens (including phenoxy) is 1. The van der Waals surface area contributed by atoms with Crippen LogP contribution in [0.5, 0.6) is 5.75 Å². The van der Waals surface area contributed by atoms with Crippen molar-refractivity contribution in [1.29, 1.82) is 0 Å². The van der Waals surface area contributed by atoms with Crippen LogP contribution >= 0.6 is 0 Å². The molecule has 0 bridgehead atoms. The van der Waals surface area contributed by atoms with Crippen LogP contribution < -0.4 is 4.74 Å². The first kappa shape index (κ1) is 24.9. The van der Waals surface area contributed by atoms with Gasteiger partial charge in [0, 0.05) is 11.1 Å². The fourth-order valence-corrected chi connectivity index (χ4v) is 5.09. The fourth-order valence-electron chi connectivity index (χ4n) is 5.09. The lowest BCUT2D eigenvalue weighted by atomic mass is 9.78. The Labute approximate surface area is 212 Å². The molecule has 0 heterocycles. The number of benzene rings is 3. The molecule has 0 radical (unpaired) electrons. The molecular formula is C34H38O. The van der Waals surface area contributed by atoms with Gasteiger partial charge in [-0.05, 0) is 97.5 Å². The molecule has 1 aliphatic rings. The smallest absolute Gasteiger partial charge is 0.119 e. The molecule has 1 aliphatic carbocycles. The zero-order valence-corrected chi connectivity index (χ0v) is 21.1. The minimum atomic E-state index is 0.678. The molecule has 1 nitrogen and oxygen atoms in total. The molecule has 1 fully saturated rings. The summed E-state index contributed by atoms with van der Waals surface area (Å²) >= 11 is 0. The van der Waals surface area contributed by atoms with Gasteiger partial charge in [-0.15, -0.1) is 6.58 Å². The van der Waals surface area contributed by atoms with E-state index in [1.807, 2.05) is 31.2 Å². The van der Waals surface area contributed by atoms with Gasteiger partial charge >= 0.3 is 0 Å². The summed E-state index contributed by atoms with van der Waals surface area (Å²) in [6.07, 6.45) is 12.8. The molecule has 0 spiro atoms. The molecule has 4 rings (SSSR count). The highest BCUT2D eigenvalue weighted by Gasteiger charge is 2.20. The maximum Gasteiger partial charge on any atom is 0.119 e. The largest absolute Gasteiger partial charge is 0.494 e. The molecule has 0 N–H and O–H groups in total. The van der Waals surface area contributed by atoms with Crippen LogP contribution in [-0.4, -0.2) is 6.61 Å². The Morgan fingerprint density at radius 2 is 1.26 bits per heavy atom. The monoisotopic (exact) mass is 462 g/mol. The van der Waals surface area contributed by atoms with Crippen LogP contribution in [0.4, 0.5) is 0 Å². The predicted octanol–water partition coefficient (Wildman–Crippen LogP) is 8.86. The molecule has 3 aromatic carbocycles. The highest BCUT2D eigenvalue weighted by atomic mass is 16.5. The Balaban J connectivity index is 1.27. The number of rotatable bonds is 9. The number of allylic oxidation sites excluding steroid dienone is 1. The first-order valence-corrected chi connectivity index (χ1v) is 13.3. The molecule has 0 atom stereocenters. The highest BCUT2D eigenvalue weighted by molar-refractivity contribution is 5.64. The van der Waals surface area contributed by atoms with E-state index in [4.69, 9.17) is 4.74 Å². The van der Waals surface area contributed by atoms with Gasteiger partial charge in [0.25, 0.3) is 0 Å². The van der Waals surface area contributed by atoms with Gasteiger partial charge in [-0.3, -0.25) is 0 Å². The average Bonchev–Trinajstić information content (AvgIpc) is 2.92. The van der Waals surface area contributed by atoms with E-state index in [1.165, 1.54) is 68.1 Å². The number of hydrogen-bond donors (Lipinski definition) is 0. The van der Waals surface area contributed by atoms with Gasteiger partial charge in [0.15, 0.2) is 0 Å². The van der Waals surface area contributed by atoms with E-state index in [-0.39, 0.29) is 0 Å². The third-order valence-electron chi connectivity index (χ3n) is 7.28.